The van der Waals surface area contributed by atoms with Gasteiger partial charge in [0.25, 0.3) is 0 Å². The second-order valence-corrected chi connectivity index (χ2v) is 4.09. The lowest BCUT2D eigenvalue weighted by Crippen LogP contribution is -2.41. The van der Waals surface area contributed by atoms with Crippen LogP contribution in [-0.4, -0.2) is 48.7 Å². The van der Waals surface area contributed by atoms with Crippen LogP contribution in [0.4, 0.5) is 0 Å². The average Bonchev–Trinajstić information content (AvgIpc) is 2.27. The Bertz CT molecular complexity index is 197. The Labute approximate surface area is 97.3 Å². The fourth-order valence-corrected chi connectivity index (χ4v) is 1.89. The molecule has 0 saturated carbocycles. The number of allylic oxidation sites excluding steroid dienone is 2. The van der Waals surface area contributed by atoms with Gasteiger partial charge in [0, 0.05) is 12.6 Å². The molecule has 0 radical (unpaired) electrons. The highest BCUT2D eigenvalue weighted by Gasteiger charge is 2.18. The van der Waals surface area contributed by atoms with Gasteiger partial charge in [-0.3, -0.25) is 0 Å². The van der Waals surface area contributed by atoms with Gasteiger partial charge >= 0.3 is 0 Å². The monoisotopic (exact) mass is 229 g/mol. The zero-order valence-electron chi connectivity index (χ0n) is 9.77. The molecule has 0 spiro atoms. The minimum atomic E-state index is -0.261. The van der Waals surface area contributed by atoms with E-state index in [0.717, 1.165) is 32.2 Å². The van der Waals surface area contributed by atoms with Gasteiger partial charge in [-0.1, -0.05) is 12.2 Å². The molecule has 4 heteroatoms. The molecular formula is C12H23NO3. The first kappa shape index (κ1) is 13.6. The van der Waals surface area contributed by atoms with E-state index in [0.29, 0.717) is 13.2 Å². The maximum Gasteiger partial charge on any atom is 0.0698 e. The third-order valence-electron chi connectivity index (χ3n) is 2.79. The van der Waals surface area contributed by atoms with Crippen LogP contribution in [0.15, 0.2) is 12.2 Å². The molecule has 0 bridgehead atoms. The third kappa shape index (κ3) is 5.61. The first-order valence-electron chi connectivity index (χ1n) is 6.09. The molecule has 1 rings (SSSR count). The molecule has 0 heterocycles. The van der Waals surface area contributed by atoms with Gasteiger partial charge in [0.1, 0.15) is 0 Å². The zero-order chi connectivity index (χ0) is 11.6. The van der Waals surface area contributed by atoms with Crippen LogP contribution in [-0.2, 0) is 4.74 Å². The van der Waals surface area contributed by atoms with Crippen molar-refractivity contribution in [2.45, 2.75) is 37.8 Å². The minimum Gasteiger partial charge on any atom is -0.394 e. The summed E-state index contributed by atoms with van der Waals surface area (Å²) in [6.45, 7) is 1.76. The summed E-state index contributed by atoms with van der Waals surface area (Å²) in [5, 5.41) is 21.7. The second-order valence-electron chi connectivity index (χ2n) is 4.09. The molecule has 0 aromatic carbocycles. The fraction of sp³-hybridized carbons (Fsp3) is 0.833. The van der Waals surface area contributed by atoms with Crippen molar-refractivity contribution >= 4 is 0 Å². The van der Waals surface area contributed by atoms with Crippen LogP contribution >= 0.6 is 0 Å². The Kier molecular flexibility index (Phi) is 7.42. The molecule has 16 heavy (non-hydrogen) atoms. The lowest BCUT2D eigenvalue weighted by atomic mass is 9.98. The molecule has 0 aromatic heterocycles. The highest BCUT2D eigenvalue weighted by Crippen LogP contribution is 2.12. The Morgan fingerprint density at radius 1 is 1.19 bits per heavy atom. The van der Waals surface area contributed by atoms with Crippen LogP contribution in [0.3, 0.4) is 0 Å². The molecule has 1 aliphatic rings. The third-order valence-corrected chi connectivity index (χ3v) is 2.79. The molecule has 0 amide bonds. The number of ether oxygens (including phenoxy) is 1. The Balaban J connectivity index is 2.15. The van der Waals surface area contributed by atoms with Crippen molar-refractivity contribution in [3.63, 3.8) is 0 Å². The predicted octanol–water partition coefficient (Wildman–Crippen LogP) is 0.445. The van der Waals surface area contributed by atoms with Crippen LogP contribution in [0.2, 0.25) is 0 Å². The number of aliphatic hydroxyl groups is 2. The predicted molar refractivity (Wildman–Crippen MR) is 63.3 cm³/mol. The van der Waals surface area contributed by atoms with E-state index in [4.69, 9.17) is 9.84 Å². The van der Waals surface area contributed by atoms with E-state index in [2.05, 4.69) is 17.5 Å². The van der Waals surface area contributed by atoms with Crippen LogP contribution in [0.25, 0.3) is 0 Å². The summed E-state index contributed by atoms with van der Waals surface area (Å²) >= 11 is 0. The van der Waals surface area contributed by atoms with Gasteiger partial charge in [-0.15, -0.1) is 0 Å². The SMILES string of the molecule is OCCOCCN[C@H]1CC/C=C\CCC1O. The van der Waals surface area contributed by atoms with Gasteiger partial charge in [-0.25, -0.2) is 0 Å². The van der Waals surface area contributed by atoms with Gasteiger partial charge in [0.2, 0.25) is 0 Å². The van der Waals surface area contributed by atoms with Crippen molar-refractivity contribution in [2.75, 3.05) is 26.4 Å². The molecule has 0 aromatic rings. The Morgan fingerprint density at radius 2 is 1.94 bits per heavy atom. The van der Waals surface area contributed by atoms with Crippen LogP contribution in [0, 0.1) is 0 Å². The Hall–Kier alpha value is -0.420. The molecule has 2 atom stereocenters. The standard InChI is InChI=1S/C12H23NO3/c14-8-10-16-9-7-13-11-5-3-1-2-4-6-12(11)15/h1-2,11-15H,3-10H2/b2-1-/t11-,12?/m0/s1. The van der Waals surface area contributed by atoms with Crippen molar-refractivity contribution in [2.24, 2.45) is 0 Å². The van der Waals surface area contributed by atoms with Crippen LogP contribution in [0.1, 0.15) is 25.7 Å². The number of hydrogen-bond acceptors (Lipinski definition) is 4. The molecule has 0 saturated heterocycles. The molecule has 94 valence electrons. The maximum atomic E-state index is 9.90. The number of hydrogen-bond donors (Lipinski definition) is 3. The molecule has 0 fully saturated rings. The summed E-state index contributed by atoms with van der Waals surface area (Å²) < 4.78 is 5.16. The molecule has 3 N–H and O–H groups in total. The number of rotatable bonds is 6. The quantitative estimate of drug-likeness (QED) is 0.457. The van der Waals surface area contributed by atoms with Crippen molar-refractivity contribution in [1.82, 2.24) is 5.32 Å². The Morgan fingerprint density at radius 3 is 2.69 bits per heavy atom. The topological polar surface area (TPSA) is 61.7 Å². The summed E-state index contributed by atoms with van der Waals surface area (Å²) in [5.74, 6) is 0. The lowest BCUT2D eigenvalue weighted by Gasteiger charge is -2.24. The average molecular weight is 229 g/mol. The maximum absolute atomic E-state index is 9.90. The molecular weight excluding hydrogens is 206 g/mol. The van der Waals surface area contributed by atoms with E-state index >= 15 is 0 Å². The number of aliphatic hydroxyl groups excluding tert-OH is 2. The van der Waals surface area contributed by atoms with E-state index in [1.807, 2.05) is 0 Å². The second kappa shape index (κ2) is 8.70. The zero-order valence-corrected chi connectivity index (χ0v) is 9.77. The van der Waals surface area contributed by atoms with Gasteiger partial charge in [0.15, 0.2) is 0 Å². The number of nitrogens with one attached hydrogen (secondary N) is 1. The van der Waals surface area contributed by atoms with Gasteiger partial charge in [-0.2, -0.15) is 0 Å². The van der Waals surface area contributed by atoms with Crippen molar-refractivity contribution in [3.05, 3.63) is 12.2 Å². The van der Waals surface area contributed by atoms with Crippen LogP contribution < -0.4 is 5.32 Å². The molecule has 1 aliphatic carbocycles. The normalized spacial score (nSPS) is 28.4. The summed E-state index contributed by atoms with van der Waals surface area (Å²) in [5.41, 5.74) is 0. The highest BCUT2D eigenvalue weighted by atomic mass is 16.5. The fourth-order valence-electron chi connectivity index (χ4n) is 1.89. The largest absolute Gasteiger partial charge is 0.394 e. The molecule has 4 nitrogen and oxygen atoms in total. The molecule has 1 unspecified atom stereocenters. The summed E-state index contributed by atoms with van der Waals surface area (Å²) in [7, 11) is 0. The summed E-state index contributed by atoms with van der Waals surface area (Å²) in [4.78, 5) is 0. The van der Waals surface area contributed by atoms with Crippen molar-refractivity contribution < 1.29 is 14.9 Å². The minimum absolute atomic E-state index is 0.0663. The van der Waals surface area contributed by atoms with E-state index in [9.17, 15) is 5.11 Å². The van der Waals surface area contributed by atoms with Crippen molar-refractivity contribution in [1.29, 1.82) is 0 Å². The van der Waals surface area contributed by atoms with E-state index in [-0.39, 0.29) is 18.8 Å². The highest BCUT2D eigenvalue weighted by molar-refractivity contribution is 4.90. The van der Waals surface area contributed by atoms with E-state index in [1.165, 1.54) is 0 Å². The van der Waals surface area contributed by atoms with Crippen LogP contribution in [0.5, 0.6) is 0 Å². The first-order valence-corrected chi connectivity index (χ1v) is 6.09. The van der Waals surface area contributed by atoms with E-state index < -0.39 is 0 Å². The van der Waals surface area contributed by atoms with Gasteiger partial charge in [0.05, 0.1) is 25.9 Å². The lowest BCUT2D eigenvalue weighted by molar-refractivity contribution is 0.0797. The smallest absolute Gasteiger partial charge is 0.0698 e. The summed E-state index contributed by atoms with van der Waals surface area (Å²) in [6, 6.07) is 0.169. The van der Waals surface area contributed by atoms with Gasteiger partial charge < -0.3 is 20.3 Å². The van der Waals surface area contributed by atoms with E-state index in [1.54, 1.807) is 0 Å². The van der Waals surface area contributed by atoms with Gasteiger partial charge in [-0.05, 0) is 25.7 Å². The molecule has 0 aliphatic heterocycles. The summed E-state index contributed by atoms with van der Waals surface area (Å²) in [6.07, 6.45) is 7.84. The van der Waals surface area contributed by atoms with Crippen molar-refractivity contribution in [3.8, 4) is 0 Å². The first-order chi connectivity index (χ1) is 7.84.